The van der Waals surface area contributed by atoms with Crippen LogP contribution in [0, 0.1) is 0 Å². The molecular weight excluding hydrogens is 240 g/mol. The highest BCUT2D eigenvalue weighted by Crippen LogP contribution is 2.26. The summed E-state index contributed by atoms with van der Waals surface area (Å²) in [6.07, 6.45) is 7.98. The van der Waals surface area contributed by atoms with Crippen molar-refractivity contribution in [1.29, 1.82) is 0 Å². The van der Waals surface area contributed by atoms with Crippen molar-refractivity contribution >= 4 is 22.6 Å². The van der Waals surface area contributed by atoms with Gasteiger partial charge in [0.15, 0.2) is 0 Å². The molecule has 1 N–H and O–H groups in total. The zero-order valence-corrected chi connectivity index (χ0v) is 12.6. The average molecular weight is 264 g/mol. The Morgan fingerprint density at radius 3 is 2.50 bits per heavy atom. The molecule has 0 aliphatic rings. The van der Waals surface area contributed by atoms with Crippen molar-refractivity contribution in [3.8, 4) is 0 Å². The van der Waals surface area contributed by atoms with E-state index in [0.29, 0.717) is 6.42 Å². The molecule has 0 aromatic carbocycles. The predicted molar refractivity (Wildman–Crippen MR) is 75.3 cm³/mol. The molecule has 96 valence electrons. The summed E-state index contributed by atoms with van der Waals surface area (Å²) in [4.78, 5) is 0. The zero-order chi connectivity index (χ0) is 12.8. The van der Waals surface area contributed by atoms with E-state index in [4.69, 9.17) is 0 Å². The second-order valence-electron chi connectivity index (χ2n) is 4.69. The molecule has 0 saturated carbocycles. The van der Waals surface area contributed by atoms with Gasteiger partial charge in [0.05, 0.1) is 10.2 Å². The van der Waals surface area contributed by atoms with Crippen LogP contribution in [0.25, 0.3) is 0 Å². The van der Waals surface area contributed by atoms with Gasteiger partial charge in [-0.2, -0.15) is 0 Å². The molecule has 0 rings (SSSR count). The summed E-state index contributed by atoms with van der Waals surface area (Å²) in [5.41, 5.74) is 0.557. The molecule has 4 heteroatoms. The molecule has 0 saturated heterocycles. The summed E-state index contributed by atoms with van der Waals surface area (Å²) in [7, 11) is -0.877. The fourth-order valence-corrected chi connectivity index (χ4v) is 3.67. The van der Waals surface area contributed by atoms with Crippen LogP contribution in [0.5, 0.6) is 0 Å². The Labute approximate surface area is 106 Å². The third-order valence-electron chi connectivity index (χ3n) is 2.48. The first kappa shape index (κ1) is 16.2. The summed E-state index contributed by atoms with van der Waals surface area (Å²) < 4.78 is 11.4. The van der Waals surface area contributed by atoms with Crippen molar-refractivity contribution in [3.05, 3.63) is 11.6 Å². The van der Waals surface area contributed by atoms with Crippen molar-refractivity contribution < 1.29 is 9.32 Å². The van der Waals surface area contributed by atoms with Crippen LogP contribution < -0.4 is 0 Å². The van der Waals surface area contributed by atoms with Crippen LogP contribution in [-0.4, -0.2) is 32.0 Å². The standard InChI is InChI=1S/C12H24O2S2/c1-10(2)7-6-8-12(3,13)9-11(15-4)16(5)14/h7,11,13H,6,8-9H2,1-5H3. The lowest BCUT2D eigenvalue weighted by atomic mass is 9.96. The minimum Gasteiger partial charge on any atom is -0.390 e. The summed E-state index contributed by atoms with van der Waals surface area (Å²) in [5.74, 6) is 0. The van der Waals surface area contributed by atoms with Crippen molar-refractivity contribution in [1.82, 2.24) is 0 Å². The highest BCUT2D eigenvalue weighted by Gasteiger charge is 2.26. The van der Waals surface area contributed by atoms with Gasteiger partial charge in [-0.05, 0) is 46.3 Å². The Kier molecular flexibility index (Phi) is 7.61. The molecule has 0 spiro atoms. The highest BCUT2D eigenvalue weighted by molar-refractivity contribution is 8.10. The monoisotopic (exact) mass is 264 g/mol. The third-order valence-corrected chi connectivity index (χ3v) is 5.46. The fraction of sp³-hybridized carbons (Fsp3) is 0.833. The molecular formula is C12H24O2S2. The van der Waals surface area contributed by atoms with E-state index in [1.165, 1.54) is 5.57 Å². The number of aliphatic hydroxyl groups is 1. The van der Waals surface area contributed by atoms with Gasteiger partial charge in [0, 0.05) is 17.1 Å². The largest absolute Gasteiger partial charge is 0.390 e. The SMILES string of the molecule is CSC(CC(C)(O)CCC=C(C)C)S(C)=O. The minimum absolute atomic E-state index is 0.0294. The number of thioether (sulfide) groups is 1. The zero-order valence-electron chi connectivity index (χ0n) is 10.9. The number of allylic oxidation sites excluding steroid dienone is 2. The Morgan fingerprint density at radius 2 is 2.12 bits per heavy atom. The fourth-order valence-electron chi connectivity index (χ4n) is 1.47. The van der Waals surface area contributed by atoms with Crippen molar-refractivity contribution in [2.75, 3.05) is 12.5 Å². The normalized spacial score (nSPS) is 18.6. The molecule has 0 amide bonds. The first-order valence-electron chi connectivity index (χ1n) is 5.49. The van der Waals surface area contributed by atoms with Gasteiger partial charge in [0.25, 0.3) is 0 Å². The van der Waals surface area contributed by atoms with E-state index in [9.17, 15) is 9.32 Å². The molecule has 0 aromatic heterocycles. The van der Waals surface area contributed by atoms with E-state index in [-0.39, 0.29) is 4.58 Å². The summed E-state index contributed by atoms with van der Waals surface area (Å²) in [6, 6.07) is 0. The van der Waals surface area contributed by atoms with Crippen LogP contribution in [-0.2, 0) is 10.8 Å². The van der Waals surface area contributed by atoms with Crippen LogP contribution in [0.3, 0.4) is 0 Å². The lowest BCUT2D eigenvalue weighted by Crippen LogP contribution is -2.30. The lowest BCUT2D eigenvalue weighted by Gasteiger charge is -2.26. The maximum Gasteiger partial charge on any atom is 0.0823 e. The molecule has 0 aliphatic carbocycles. The van der Waals surface area contributed by atoms with E-state index in [1.54, 1.807) is 18.0 Å². The van der Waals surface area contributed by atoms with E-state index >= 15 is 0 Å². The van der Waals surface area contributed by atoms with Crippen molar-refractivity contribution in [2.24, 2.45) is 0 Å². The highest BCUT2D eigenvalue weighted by atomic mass is 32.2. The average Bonchev–Trinajstić information content (AvgIpc) is 2.12. The molecule has 0 aliphatic heterocycles. The minimum atomic E-state index is -0.877. The van der Waals surface area contributed by atoms with Gasteiger partial charge in [-0.15, -0.1) is 11.8 Å². The maximum absolute atomic E-state index is 11.4. The molecule has 3 atom stereocenters. The van der Waals surface area contributed by atoms with Gasteiger partial charge in [0.1, 0.15) is 0 Å². The lowest BCUT2D eigenvalue weighted by molar-refractivity contribution is 0.0471. The van der Waals surface area contributed by atoms with Crippen LogP contribution in [0.15, 0.2) is 11.6 Å². The van der Waals surface area contributed by atoms with Crippen LogP contribution in [0.4, 0.5) is 0 Å². The Morgan fingerprint density at radius 1 is 1.56 bits per heavy atom. The molecule has 0 heterocycles. The predicted octanol–water partition coefficient (Wildman–Crippen LogP) is 2.94. The van der Waals surface area contributed by atoms with Gasteiger partial charge in [-0.25, -0.2) is 0 Å². The summed E-state index contributed by atoms with van der Waals surface area (Å²) in [6.45, 7) is 5.95. The Balaban J connectivity index is 4.21. The molecule has 0 bridgehead atoms. The third kappa shape index (κ3) is 7.47. The van der Waals surface area contributed by atoms with Gasteiger partial charge in [-0.1, -0.05) is 11.6 Å². The second-order valence-corrected chi connectivity index (χ2v) is 7.59. The van der Waals surface area contributed by atoms with Gasteiger partial charge in [0.2, 0.25) is 0 Å². The van der Waals surface area contributed by atoms with Crippen LogP contribution in [0.2, 0.25) is 0 Å². The number of hydrogen-bond acceptors (Lipinski definition) is 3. The summed E-state index contributed by atoms with van der Waals surface area (Å²) >= 11 is 1.57. The Hall–Kier alpha value is 0.200. The second kappa shape index (κ2) is 7.51. The van der Waals surface area contributed by atoms with Gasteiger partial charge < -0.3 is 5.11 Å². The first-order valence-corrected chi connectivity index (χ1v) is 8.40. The van der Waals surface area contributed by atoms with Gasteiger partial charge in [-0.3, -0.25) is 4.21 Å². The molecule has 0 fully saturated rings. The van der Waals surface area contributed by atoms with Gasteiger partial charge >= 0.3 is 0 Å². The first-order chi connectivity index (χ1) is 7.28. The van der Waals surface area contributed by atoms with Crippen LogP contribution >= 0.6 is 11.8 Å². The van der Waals surface area contributed by atoms with E-state index in [1.807, 2.05) is 13.2 Å². The maximum atomic E-state index is 11.4. The van der Waals surface area contributed by atoms with E-state index in [0.717, 1.165) is 12.8 Å². The topological polar surface area (TPSA) is 37.3 Å². The number of hydrogen-bond donors (Lipinski definition) is 1. The van der Waals surface area contributed by atoms with E-state index in [2.05, 4.69) is 19.9 Å². The molecule has 0 aromatic rings. The van der Waals surface area contributed by atoms with Crippen molar-refractivity contribution in [3.63, 3.8) is 0 Å². The molecule has 3 unspecified atom stereocenters. The van der Waals surface area contributed by atoms with Crippen molar-refractivity contribution in [2.45, 2.75) is 50.2 Å². The molecule has 16 heavy (non-hydrogen) atoms. The van der Waals surface area contributed by atoms with Crippen LogP contribution in [0.1, 0.15) is 40.0 Å². The van der Waals surface area contributed by atoms with E-state index < -0.39 is 16.4 Å². The summed E-state index contributed by atoms with van der Waals surface area (Å²) in [5, 5.41) is 10.2. The number of rotatable bonds is 7. The quantitative estimate of drug-likeness (QED) is 0.718. The Bertz CT molecular complexity index is 256. The smallest absolute Gasteiger partial charge is 0.0823 e. The molecule has 0 radical (unpaired) electrons. The molecule has 2 nitrogen and oxygen atoms in total.